The van der Waals surface area contributed by atoms with Crippen LogP contribution in [0.4, 0.5) is 0 Å². The molecule has 0 amide bonds. The molecule has 0 radical (unpaired) electrons. The number of aromatic hydroxyl groups is 3. The van der Waals surface area contributed by atoms with Gasteiger partial charge in [0.05, 0.1) is 11.3 Å². The Morgan fingerprint density at radius 1 is 0.861 bits per heavy atom. The monoisotopic (exact) mass is 500 g/mol. The second-order valence-corrected chi connectivity index (χ2v) is 10.9. The average Bonchev–Trinajstić information content (AvgIpc) is 2.77. The normalized spacial score (nSPS) is 19.7. The van der Waals surface area contributed by atoms with E-state index in [4.69, 9.17) is 0 Å². The Balaban J connectivity index is 2.77. The number of benzene rings is 1. The molecule has 1 fully saturated rings. The van der Waals surface area contributed by atoms with Gasteiger partial charge in [-0.2, -0.15) is 0 Å². The molecule has 1 saturated carbocycles. The van der Waals surface area contributed by atoms with Crippen LogP contribution in [0.5, 0.6) is 17.2 Å². The second kappa shape index (κ2) is 10.4. The number of phenols is 3. The molecule has 0 aromatic heterocycles. The maximum absolute atomic E-state index is 13.3. The predicted molar refractivity (Wildman–Crippen MR) is 133 cm³/mol. The van der Waals surface area contributed by atoms with Crippen molar-refractivity contribution in [2.24, 2.45) is 29.1 Å². The fourth-order valence-corrected chi connectivity index (χ4v) is 4.41. The summed E-state index contributed by atoms with van der Waals surface area (Å²) in [7, 11) is 0. The molecule has 2 rings (SSSR count). The summed E-state index contributed by atoms with van der Waals surface area (Å²) in [6.45, 7) is 12.6. The molecular formula is C28H36O8. The smallest absolute Gasteiger partial charge is 0.172 e. The lowest BCUT2D eigenvalue weighted by atomic mass is 9.61. The van der Waals surface area contributed by atoms with Crippen LogP contribution in [0.2, 0.25) is 0 Å². The Hall–Kier alpha value is -3.29. The second-order valence-electron chi connectivity index (χ2n) is 10.9. The van der Waals surface area contributed by atoms with E-state index in [0.717, 1.165) is 5.57 Å². The zero-order valence-corrected chi connectivity index (χ0v) is 22.2. The lowest BCUT2D eigenvalue weighted by Gasteiger charge is -2.36. The van der Waals surface area contributed by atoms with E-state index in [1.54, 1.807) is 47.6 Å². The predicted octanol–water partition coefficient (Wildman–Crippen LogP) is 3.90. The van der Waals surface area contributed by atoms with Crippen molar-refractivity contribution in [3.8, 4) is 17.2 Å². The molecule has 196 valence electrons. The van der Waals surface area contributed by atoms with Crippen LogP contribution < -0.4 is 0 Å². The van der Waals surface area contributed by atoms with Gasteiger partial charge in [0.25, 0.3) is 0 Å². The third-order valence-corrected chi connectivity index (χ3v) is 6.80. The van der Waals surface area contributed by atoms with E-state index < -0.39 is 87.2 Å². The molecule has 1 aromatic carbocycles. The molecule has 0 unspecified atom stereocenters. The number of phenolic OH excluding ortho intramolecular Hbond substituents is 3. The van der Waals surface area contributed by atoms with Gasteiger partial charge < -0.3 is 15.3 Å². The minimum Gasteiger partial charge on any atom is -0.507 e. The summed E-state index contributed by atoms with van der Waals surface area (Å²) in [6, 6.07) is 0. The van der Waals surface area contributed by atoms with E-state index in [1.165, 1.54) is 13.8 Å². The lowest BCUT2D eigenvalue weighted by Crippen LogP contribution is -2.56. The van der Waals surface area contributed by atoms with Gasteiger partial charge in [0, 0.05) is 23.0 Å². The van der Waals surface area contributed by atoms with E-state index >= 15 is 0 Å². The van der Waals surface area contributed by atoms with Crippen LogP contribution in [0.3, 0.4) is 0 Å². The first kappa shape index (κ1) is 28.9. The van der Waals surface area contributed by atoms with Crippen molar-refractivity contribution in [1.29, 1.82) is 0 Å². The van der Waals surface area contributed by atoms with Crippen LogP contribution in [0, 0.1) is 29.1 Å². The number of carbonyl (C=O) groups is 5. The van der Waals surface area contributed by atoms with E-state index in [2.05, 4.69) is 0 Å². The molecule has 8 heteroatoms. The van der Waals surface area contributed by atoms with Crippen molar-refractivity contribution in [3.63, 3.8) is 0 Å². The van der Waals surface area contributed by atoms with Crippen LogP contribution in [-0.2, 0) is 32.0 Å². The molecule has 0 aliphatic heterocycles. The zero-order valence-electron chi connectivity index (χ0n) is 22.2. The van der Waals surface area contributed by atoms with Gasteiger partial charge in [0.1, 0.15) is 28.7 Å². The average molecular weight is 501 g/mol. The minimum absolute atomic E-state index is 0.0245. The van der Waals surface area contributed by atoms with Gasteiger partial charge in [-0.3, -0.25) is 24.0 Å². The molecule has 3 N–H and O–H groups in total. The first-order chi connectivity index (χ1) is 16.5. The number of rotatable bonds is 8. The first-order valence-corrected chi connectivity index (χ1v) is 12.1. The number of ketones is 5. The van der Waals surface area contributed by atoms with Crippen molar-refractivity contribution in [2.75, 3.05) is 0 Å². The highest BCUT2D eigenvalue weighted by Crippen LogP contribution is 2.46. The number of Topliss-reactive ketones (excluding diaryl/α,β-unsaturated/α-hetero) is 5. The zero-order chi connectivity index (χ0) is 27.9. The maximum atomic E-state index is 13.3. The topological polar surface area (TPSA) is 146 Å². The van der Waals surface area contributed by atoms with Gasteiger partial charge in [-0.15, -0.1) is 0 Å². The molecule has 0 heterocycles. The molecule has 1 aliphatic carbocycles. The maximum Gasteiger partial charge on any atom is 0.172 e. The summed E-state index contributed by atoms with van der Waals surface area (Å²) < 4.78 is 0. The fraction of sp³-hybridized carbons (Fsp3) is 0.536. The first-order valence-electron chi connectivity index (χ1n) is 12.1. The summed E-state index contributed by atoms with van der Waals surface area (Å²) in [4.78, 5) is 65.3. The molecule has 1 aromatic rings. The van der Waals surface area contributed by atoms with Gasteiger partial charge >= 0.3 is 0 Å². The molecule has 0 spiro atoms. The number of carbonyl (C=O) groups excluding carboxylic acids is 5. The van der Waals surface area contributed by atoms with E-state index in [-0.39, 0.29) is 17.5 Å². The quantitative estimate of drug-likeness (QED) is 0.277. The molecule has 0 saturated heterocycles. The highest BCUT2D eigenvalue weighted by molar-refractivity contribution is 6.33. The highest BCUT2D eigenvalue weighted by atomic mass is 16.3. The Kier molecular flexibility index (Phi) is 8.33. The Morgan fingerprint density at radius 3 is 1.86 bits per heavy atom. The van der Waals surface area contributed by atoms with Crippen molar-refractivity contribution >= 4 is 28.9 Å². The highest BCUT2D eigenvalue weighted by Gasteiger charge is 2.56. The number of hydrogen-bond acceptors (Lipinski definition) is 8. The Bertz CT molecular complexity index is 1160. The summed E-state index contributed by atoms with van der Waals surface area (Å²) in [5, 5.41) is 32.9. The molecule has 36 heavy (non-hydrogen) atoms. The Labute approximate surface area is 211 Å². The Morgan fingerprint density at radius 2 is 1.39 bits per heavy atom. The minimum atomic E-state index is -1.64. The molecular weight excluding hydrogens is 464 g/mol. The standard InChI is InChI=1S/C28H36O8/c1-12(2)9-10-15-22(31)16(24(33)18(23(15)32)20(29)13(3)4)11-17-25(34)19(21(30)14(5)6)27(36)28(7,8)26(17)35/h9,13-14,17,19,31-33H,10-11H2,1-8H3/t17-,19-/m1/s1. The third-order valence-electron chi connectivity index (χ3n) is 6.80. The van der Waals surface area contributed by atoms with Gasteiger partial charge in [0.15, 0.2) is 28.9 Å². The van der Waals surface area contributed by atoms with Gasteiger partial charge in [-0.05, 0) is 40.5 Å². The van der Waals surface area contributed by atoms with Crippen LogP contribution in [0.15, 0.2) is 11.6 Å². The number of allylic oxidation sites excluding steroid dienone is 2. The largest absolute Gasteiger partial charge is 0.507 e. The summed E-state index contributed by atoms with van der Waals surface area (Å²) in [5.41, 5.74) is -1.48. The number of hydrogen-bond donors (Lipinski definition) is 3. The van der Waals surface area contributed by atoms with E-state index in [0.29, 0.717) is 0 Å². The van der Waals surface area contributed by atoms with Crippen molar-refractivity contribution < 1.29 is 39.3 Å². The molecule has 0 bridgehead atoms. The molecule has 2 atom stereocenters. The summed E-state index contributed by atoms with van der Waals surface area (Å²) in [6.07, 6.45) is 1.19. The van der Waals surface area contributed by atoms with Crippen molar-refractivity contribution in [3.05, 3.63) is 28.3 Å². The van der Waals surface area contributed by atoms with Crippen LogP contribution >= 0.6 is 0 Å². The van der Waals surface area contributed by atoms with Gasteiger partial charge in [0.2, 0.25) is 0 Å². The SMILES string of the molecule is CC(C)=CCc1c(O)c(C[C@@H]2C(=O)[C@@H](C(=O)C(C)C)C(=O)C(C)(C)C2=O)c(O)c(C(=O)C(C)C)c1O. The fourth-order valence-electron chi connectivity index (χ4n) is 4.41. The third kappa shape index (κ3) is 4.99. The van der Waals surface area contributed by atoms with Crippen molar-refractivity contribution in [1.82, 2.24) is 0 Å². The van der Waals surface area contributed by atoms with Crippen LogP contribution in [-0.4, -0.2) is 44.2 Å². The summed E-state index contributed by atoms with van der Waals surface area (Å²) >= 11 is 0. The lowest BCUT2D eigenvalue weighted by molar-refractivity contribution is -0.157. The molecule has 8 nitrogen and oxygen atoms in total. The van der Waals surface area contributed by atoms with Crippen LogP contribution in [0.1, 0.15) is 76.9 Å². The van der Waals surface area contributed by atoms with E-state index in [1.807, 2.05) is 0 Å². The van der Waals surface area contributed by atoms with Crippen LogP contribution in [0.25, 0.3) is 0 Å². The summed E-state index contributed by atoms with van der Waals surface area (Å²) in [5.74, 6) is -9.83. The van der Waals surface area contributed by atoms with E-state index in [9.17, 15) is 39.3 Å². The van der Waals surface area contributed by atoms with Crippen molar-refractivity contribution in [2.45, 2.75) is 68.2 Å². The van der Waals surface area contributed by atoms with Gasteiger partial charge in [-0.25, -0.2) is 0 Å². The molecule has 1 aliphatic rings. The van der Waals surface area contributed by atoms with Gasteiger partial charge in [-0.1, -0.05) is 39.3 Å².